The maximum absolute atomic E-state index is 11.9. The zero-order valence-electron chi connectivity index (χ0n) is 11.6. The van der Waals surface area contributed by atoms with Crippen LogP contribution in [0.25, 0.3) is 0 Å². The molecule has 2 rings (SSSR count). The Morgan fingerprint density at radius 1 is 1.45 bits per heavy atom. The first-order valence-electron chi connectivity index (χ1n) is 6.38. The number of nitrogens with zero attached hydrogens (tertiary/aromatic N) is 3. The number of carbonyl (C=O) groups excluding carboxylic acids is 1. The summed E-state index contributed by atoms with van der Waals surface area (Å²) in [5.41, 5.74) is 1.06. The largest absolute Gasteiger partial charge is 0.460 e. The molecule has 0 aliphatic heterocycles. The second-order valence-electron chi connectivity index (χ2n) is 4.39. The van der Waals surface area contributed by atoms with Gasteiger partial charge in [-0.1, -0.05) is 28.1 Å². The van der Waals surface area contributed by atoms with Crippen molar-refractivity contribution in [2.75, 3.05) is 6.61 Å². The number of esters is 1. The molecule has 1 atom stereocenters. The Labute approximate surface area is 126 Å². The first-order valence-corrected chi connectivity index (χ1v) is 7.18. The lowest BCUT2D eigenvalue weighted by molar-refractivity contribution is 0.0504. The van der Waals surface area contributed by atoms with Crippen molar-refractivity contribution < 1.29 is 9.53 Å². The number of aryl methyl sites for hydroxylation is 1. The summed E-state index contributed by atoms with van der Waals surface area (Å²) in [5, 5.41) is 7.92. The average Bonchev–Trinajstić information content (AvgIpc) is 2.80. The molecule has 0 saturated carbocycles. The van der Waals surface area contributed by atoms with Crippen LogP contribution in [0.15, 0.2) is 28.7 Å². The van der Waals surface area contributed by atoms with Gasteiger partial charge in [0, 0.05) is 4.47 Å². The number of halogens is 1. The second kappa shape index (κ2) is 6.17. The van der Waals surface area contributed by atoms with E-state index in [4.69, 9.17) is 4.74 Å². The highest BCUT2D eigenvalue weighted by Crippen LogP contribution is 2.23. The van der Waals surface area contributed by atoms with E-state index in [9.17, 15) is 4.79 Å². The van der Waals surface area contributed by atoms with Crippen molar-refractivity contribution in [1.29, 1.82) is 0 Å². The maximum atomic E-state index is 11.9. The van der Waals surface area contributed by atoms with Crippen LogP contribution in [0.3, 0.4) is 0 Å². The summed E-state index contributed by atoms with van der Waals surface area (Å²) in [7, 11) is 0. The van der Waals surface area contributed by atoms with Gasteiger partial charge in [0.15, 0.2) is 0 Å². The van der Waals surface area contributed by atoms with E-state index in [0.717, 1.165) is 10.0 Å². The van der Waals surface area contributed by atoms with Crippen molar-refractivity contribution >= 4 is 21.9 Å². The molecule has 20 heavy (non-hydrogen) atoms. The van der Waals surface area contributed by atoms with Crippen molar-refractivity contribution in [2.24, 2.45) is 0 Å². The smallest absolute Gasteiger partial charge is 0.376 e. The highest BCUT2D eigenvalue weighted by molar-refractivity contribution is 9.10. The molecule has 0 amide bonds. The molecule has 0 fully saturated rings. The standard InChI is InChI=1S/C14H16BrN3O2/c1-4-20-14(19)13-17-16-10(3)18(13)9(2)11-6-5-7-12(15)8-11/h5-9H,4H2,1-3H3. The molecular formula is C14H16BrN3O2. The number of hydrogen-bond donors (Lipinski definition) is 0. The summed E-state index contributed by atoms with van der Waals surface area (Å²) >= 11 is 3.45. The molecule has 1 heterocycles. The van der Waals surface area contributed by atoms with Gasteiger partial charge in [-0.25, -0.2) is 4.79 Å². The number of ether oxygens (including phenoxy) is 1. The van der Waals surface area contributed by atoms with E-state index in [1.54, 1.807) is 11.5 Å². The first kappa shape index (κ1) is 14.7. The third kappa shape index (κ3) is 2.90. The summed E-state index contributed by atoms with van der Waals surface area (Å²) in [6, 6.07) is 7.88. The van der Waals surface area contributed by atoms with E-state index in [-0.39, 0.29) is 11.9 Å². The van der Waals surface area contributed by atoms with E-state index >= 15 is 0 Å². The number of hydrogen-bond acceptors (Lipinski definition) is 4. The minimum Gasteiger partial charge on any atom is -0.460 e. The fourth-order valence-electron chi connectivity index (χ4n) is 2.08. The van der Waals surface area contributed by atoms with E-state index in [1.165, 1.54) is 0 Å². The predicted octanol–water partition coefficient (Wildman–Crippen LogP) is 3.14. The predicted molar refractivity (Wildman–Crippen MR) is 78.7 cm³/mol. The molecule has 1 aromatic carbocycles. The third-order valence-electron chi connectivity index (χ3n) is 3.04. The van der Waals surface area contributed by atoms with Crippen LogP contribution in [0.4, 0.5) is 0 Å². The monoisotopic (exact) mass is 337 g/mol. The van der Waals surface area contributed by atoms with Gasteiger partial charge in [0.1, 0.15) is 5.82 Å². The van der Waals surface area contributed by atoms with E-state index in [1.807, 2.05) is 38.1 Å². The van der Waals surface area contributed by atoms with Gasteiger partial charge in [-0.3, -0.25) is 4.57 Å². The molecule has 0 saturated heterocycles. The molecule has 1 unspecified atom stereocenters. The molecule has 0 aliphatic rings. The third-order valence-corrected chi connectivity index (χ3v) is 3.54. The summed E-state index contributed by atoms with van der Waals surface area (Å²) in [5.74, 6) is 0.465. The molecular weight excluding hydrogens is 322 g/mol. The number of rotatable bonds is 4. The molecule has 2 aromatic rings. The Kier molecular flexibility index (Phi) is 4.54. The Bertz CT molecular complexity index is 625. The minimum atomic E-state index is -0.449. The SMILES string of the molecule is CCOC(=O)c1nnc(C)n1C(C)c1cccc(Br)c1. The quantitative estimate of drug-likeness (QED) is 0.804. The Morgan fingerprint density at radius 2 is 2.20 bits per heavy atom. The van der Waals surface area contributed by atoms with Gasteiger partial charge in [-0.05, 0) is 38.5 Å². The fraction of sp³-hybridized carbons (Fsp3) is 0.357. The highest BCUT2D eigenvalue weighted by atomic mass is 79.9. The van der Waals surface area contributed by atoms with Gasteiger partial charge in [0.2, 0.25) is 5.82 Å². The van der Waals surface area contributed by atoms with Crippen LogP contribution in [0.5, 0.6) is 0 Å². The van der Waals surface area contributed by atoms with Crippen LogP contribution < -0.4 is 0 Å². The van der Waals surface area contributed by atoms with Crippen molar-refractivity contribution in [1.82, 2.24) is 14.8 Å². The number of aromatic nitrogens is 3. The topological polar surface area (TPSA) is 57.0 Å². The van der Waals surface area contributed by atoms with Crippen molar-refractivity contribution in [3.05, 3.63) is 46.0 Å². The van der Waals surface area contributed by atoms with Crippen molar-refractivity contribution in [3.8, 4) is 0 Å². The van der Waals surface area contributed by atoms with Crippen LogP contribution in [0.2, 0.25) is 0 Å². The van der Waals surface area contributed by atoms with Crippen molar-refractivity contribution in [3.63, 3.8) is 0 Å². The van der Waals surface area contributed by atoms with Crippen LogP contribution in [0.1, 0.15) is 41.9 Å². The Morgan fingerprint density at radius 3 is 2.85 bits per heavy atom. The molecule has 0 N–H and O–H groups in total. The van der Waals surface area contributed by atoms with Crippen LogP contribution in [-0.4, -0.2) is 27.3 Å². The summed E-state index contributed by atoms with van der Waals surface area (Å²) in [4.78, 5) is 11.9. The Balaban J connectivity index is 2.41. The zero-order valence-corrected chi connectivity index (χ0v) is 13.2. The number of carbonyl (C=O) groups is 1. The molecule has 0 spiro atoms. The normalized spacial score (nSPS) is 12.2. The second-order valence-corrected chi connectivity index (χ2v) is 5.31. The summed E-state index contributed by atoms with van der Waals surface area (Å²) in [6.45, 7) is 5.91. The summed E-state index contributed by atoms with van der Waals surface area (Å²) in [6.07, 6.45) is 0. The zero-order chi connectivity index (χ0) is 14.7. The van der Waals surface area contributed by atoms with Gasteiger partial charge in [0.25, 0.3) is 0 Å². The van der Waals surface area contributed by atoms with Crippen LogP contribution in [-0.2, 0) is 4.74 Å². The van der Waals surface area contributed by atoms with Gasteiger partial charge in [-0.15, -0.1) is 10.2 Å². The minimum absolute atomic E-state index is 0.0538. The number of benzene rings is 1. The fourth-order valence-corrected chi connectivity index (χ4v) is 2.50. The maximum Gasteiger partial charge on any atom is 0.376 e. The molecule has 0 radical (unpaired) electrons. The lowest BCUT2D eigenvalue weighted by Gasteiger charge is -2.17. The van der Waals surface area contributed by atoms with E-state index in [2.05, 4.69) is 26.1 Å². The van der Waals surface area contributed by atoms with Crippen molar-refractivity contribution in [2.45, 2.75) is 26.8 Å². The van der Waals surface area contributed by atoms with E-state index in [0.29, 0.717) is 12.4 Å². The Hall–Kier alpha value is -1.69. The molecule has 106 valence electrons. The van der Waals surface area contributed by atoms with Crippen LogP contribution >= 0.6 is 15.9 Å². The van der Waals surface area contributed by atoms with Crippen LogP contribution in [0, 0.1) is 6.92 Å². The molecule has 6 heteroatoms. The molecule has 0 aliphatic carbocycles. The molecule has 5 nitrogen and oxygen atoms in total. The molecule has 0 bridgehead atoms. The van der Waals surface area contributed by atoms with Gasteiger partial charge in [0.05, 0.1) is 12.6 Å². The first-order chi connectivity index (χ1) is 9.54. The summed E-state index contributed by atoms with van der Waals surface area (Å²) < 4.78 is 7.80. The van der Waals surface area contributed by atoms with Gasteiger partial charge in [-0.2, -0.15) is 0 Å². The molecule has 1 aromatic heterocycles. The van der Waals surface area contributed by atoms with Gasteiger partial charge < -0.3 is 4.74 Å². The van der Waals surface area contributed by atoms with E-state index < -0.39 is 5.97 Å². The lowest BCUT2D eigenvalue weighted by Crippen LogP contribution is -2.18. The lowest BCUT2D eigenvalue weighted by atomic mass is 10.1. The van der Waals surface area contributed by atoms with Gasteiger partial charge >= 0.3 is 5.97 Å². The average molecular weight is 338 g/mol. The highest BCUT2D eigenvalue weighted by Gasteiger charge is 2.22.